The maximum Gasteiger partial charge on any atom is 0.513 e. The van der Waals surface area contributed by atoms with Crippen molar-refractivity contribution >= 4 is 23.9 Å². The predicted octanol–water partition coefficient (Wildman–Crippen LogP) is 5.95. The largest absolute Gasteiger partial charge is 0.513 e. The molecule has 0 unspecified atom stereocenters. The lowest BCUT2D eigenvalue weighted by atomic mass is 9.88. The van der Waals surface area contributed by atoms with E-state index in [1.807, 2.05) is 4.90 Å². The molecule has 0 bridgehead atoms. The van der Waals surface area contributed by atoms with E-state index in [0.717, 1.165) is 39.2 Å². The van der Waals surface area contributed by atoms with E-state index < -0.39 is 35.0 Å². The Bertz CT molecular complexity index is 958. The van der Waals surface area contributed by atoms with Crippen LogP contribution in [0.15, 0.2) is 41.1 Å². The standard InChI is InChI=1S/C21H21ClF3NO6/c1-10-17(31-19(27)29-3)16(12-5-8-15(22)14(9-12)21(23,24)25)18(32-20(28)30-4)11(2)26(10)13-6-7-13/h5,8-9,13,16H,6-7H2,1-4H3. The molecule has 1 aliphatic carbocycles. The van der Waals surface area contributed by atoms with Crippen molar-refractivity contribution in [3.8, 4) is 0 Å². The van der Waals surface area contributed by atoms with Gasteiger partial charge in [-0.3, -0.25) is 0 Å². The molecule has 2 aliphatic rings. The fourth-order valence-corrected chi connectivity index (χ4v) is 3.90. The number of halogens is 4. The van der Waals surface area contributed by atoms with E-state index in [1.54, 1.807) is 13.8 Å². The number of alkyl halides is 3. The SMILES string of the molecule is COC(=O)OC1=C(C)N(C2CC2)C(C)=C(OC(=O)OC)C1c1ccc(Cl)c(C(F)(F)F)c1. The normalized spacial score (nSPS) is 17.4. The first-order chi connectivity index (χ1) is 15.0. The van der Waals surface area contributed by atoms with E-state index in [-0.39, 0.29) is 23.1 Å². The molecule has 0 aromatic heterocycles. The molecule has 1 aliphatic heterocycles. The molecule has 0 N–H and O–H groups in total. The first kappa shape index (κ1) is 23.8. The van der Waals surface area contributed by atoms with Gasteiger partial charge < -0.3 is 23.8 Å². The Morgan fingerprint density at radius 3 is 1.91 bits per heavy atom. The summed E-state index contributed by atoms with van der Waals surface area (Å²) < 4.78 is 60.5. The zero-order valence-electron chi connectivity index (χ0n) is 17.7. The van der Waals surface area contributed by atoms with Crippen molar-refractivity contribution in [3.63, 3.8) is 0 Å². The molecule has 0 radical (unpaired) electrons. The van der Waals surface area contributed by atoms with Crippen LogP contribution in [0.4, 0.5) is 22.8 Å². The summed E-state index contributed by atoms with van der Waals surface area (Å²) in [4.78, 5) is 25.8. The predicted molar refractivity (Wildman–Crippen MR) is 106 cm³/mol. The Kier molecular flexibility index (Phi) is 6.64. The zero-order valence-corrected chi connectivity index (χ0v) is 18.5. The first-order valence-electron chi connectivity index (χ1n) is 9.58. The molecule has 0 spiro atoms. The molecule has 1 saturated carbocycles. The number of ether oxygens (including phenoxy) is 4. The van der Waals surface area contributed by atoms with Crippen molar-refractivity contribution < 1.29 is 41.7 Å². The van der Waals surface area contributed by atoms with Gasteiger partial charge in [-0.2, -0.15) is 13.2 Å². The van der Waals surface area contributed by atoms with Gasteiger partial charge in [-0.05, 0) is 44.4 Å². The average molecular weight is 476 g/mol. The van der Waals surface area contributed by atoms with E-state index in [4.69, 9.17) is 21.1 Å². The number of benzene rings is 1. The van der Waals surface area contributed by atoms with Crippen LogP contribution in [0.1, 0.15) is 43.7 Å². The van der Waals surface area contributed by atoms with Crippen LogP contribution >= 0.6 is 11.6 Å². The van der Waals surface area contributed by atoms with Gasteiger partial charge in [0.1, 0.15) is 17.4 Å². The van der Waals surface area contributed by atoms with Crippen LogP contribution in [0.25, 0.3) is 0 Å². The van der Waals surface area contributed by atoms with Crippen LogP contribution in [-0.4, -0.2) is 37.5 Å². The molecule has 1 aromatic rings. The minimum absolute atomic E-state index is 0.0244. The molecule has 3 rings (SSSR count). The second-order valence-corrected chi connectivity index (χ2v) is 7.69. The van der Waals surface area contributed by atoms with Crippen LogP contribution in [0.2, 0.25) is 5.02 Å². The molecule has 1 fully saturated rings. The van der Waals surface area contributed by atoms with Crippen molar-refractivity contribution in [2.75, 3.05) is 14.2 Å². The van der Waals surface area contributed by atoms with Crippen molar-refractivity contribution in [1.82, 2.24) is 4.90 Å². The number of hydrogen-bond acceptors (Lipinski definition) is 7. The third-order valence-electron chi connectivity index (χ3n) is 5.22. The van der Waals surface area contributed by atoms with Crippen LogP contribution in [0, 0.1) is 0 Å². The Balaban J connectivity index is 2.23. The number of carbonyl (C=O) groups excluding carboxylic acids is 2. The molecule has 0 atom stereocenters. The van der Waals surface area contributed by atoms with Crippen molar-refractivity contribution in [2.24, 2.45) is 0 Å². The second-order valence-electron chi connectivity index (χ2n) is 7.28. The van der Waals surface area contributed by atoms with Crippen LogP contribution in [0.3, 0.4) is 0 Å². The summed E-state index contributed by atoms with van der Waals surface area (Å²) in [6.07, 6.45) is -5.18. The number of nitrogens with zero attached hydrogens (tertiary/aromatic N) is 1. The van der Waals surface area contributed by atoms with E-state index in [2.05, 4.69) is 9.47 Å². The van der Waals surface area contributed by atoms with Gasteiger partial charge in [-0.25, -0.2) is 9.59 Å². The highest BCUT2D eigenvalue weighted by Gasteiger charge is 2.44. The molecule has 1 heterocycles. The monoisotopic (exact) mass is 475 g/mol. The van der Waals surface area contributed by atoms with Gasteiger partial charge in [0.15, 0.2) is 0 Å². The molecule has 1 aromatic carbocycles. The van der Waals surface area contributed by atoms with Gasteiger partial charge in [-0.15, -0.1) is 0 Å². The molecule has 11 heteroatoms. The minimum atomic E-state index is -4.73. The molecule has 174 valence electrons. The van der Waals surface area contributed by atoms with E-state index in [0.29, 0.717) is 11.4 Å². The lowest BCUT2D eigenvalue weighted by Crippen LogP contribution is -2.34. The Labute approximate surface area is 187 Å². The van der Waals surface area contributed by atoms with Gasteiger partial charge in [-0.1, -0.05) is 17.7 Å². The second kappa shape index (κ2) is 8.93. The van der Waals surface area contributed by atoms with Crippen LogP contribution in [0.5, 0.6) is 0 Å². The van der Waals surface area contributed by atoms with E-state index >= 15 is 0 Å². The highest BCUT2D eigenvalue weighted by Crippen LogP contribution is 2.48. The summed E-state index contributed by atoms with van der Waals surface area (Å²) in [6.45, 7) is 3.34. The van der Waals surface area contributed by atoms with E-state index in [1.165, 1.54) is 6.07 Å². The van der Waals surface area contributed by atoms with Gasteiger partial charge in [0.25, 0.3) is 0 Å². The van der Waals surface area contributed by atoms with Crippen LogP contribution in [-0.2, 0) is 25.1 Å². The fourth-order valence-electron chi connectivity index (χ4n) is 3.68. The summed E-state index contributed by atoms with van der Waals surface area (Å²) in [5.74, 6) is -1.21. The summed E-state index contributed by atoms with van der Waals surface area (Å²) in [5.41, 5.74) is -0.0534. The smallest absolute Gasteiger partial charge is 0.437 e. The maximum absolute atomic E-state index is 13.5. The highest BCUT2D eigenvalue weighted by molar-refractivity contribution is 6.31. The van der Waals surface area contributed by atoms with Gasteiger partial charge in [0.2, 0.25) is 0 Å². The molecular weight excluding hydrogens is 455 g/mol. The molecular formula is C21H21ClF3NO6. The molecule has 7 nitrogen and oxygen atoms in total. The topological polar surface area (TPSA) is 74.3 Å². The fraction of sp³-hybridized carbons (Fsp3) is 0.429. The zero-order chi connectivity index (χ0) is 23.8. The van der Waals surface area contributed by atoms with Crippen molar-refractivity contribution in [2.45, 2.75) is 44.8 Å². The summed E-state index contributed by atoms with van der Waals surface area (Å²) in [7, 11) is 2.21. The highest BCUT2D eigenvalue weighted by atomic mass is 35.5. The number of allylic oxidation sites excluding steroid dienone is 2. The molecule has 32 heavy (non-hydrogen) atoms. The number of carbonyl (C=O) groups is 2. The Morgan fingerprint density at radius 2 is 1.50 bits per heavy atom. The van der Waals surface area contributed by atoms with Crippen LogP contribution < -0.4 is 0 Å². The molecule has 0 saturated heterocycles. The lowest BCUT2D eigenvalue weighted by Gasteiger charge is -2.37. The molecule has 0 amide bonds. The average Bonchev–Trinajstić information content (AvgIpc) is 3.56. The third-order valence-corrected chi connectivity index (χ3v) is 5.55. The van der Waals surface area contributed by atoms with Gasteiger partial charge in [0, 0.05) is 6.04 Å². The summed E-state index contributed by atoms with van der Waals surface area (Å²) in [6, 6.07) is 3.33. The number of methoxy groups -OCH3 is 2. The lowest BCUT2D eigenvalue weighted by molar-refractivity contribution is -0.137. The Hall–Kier alpha value is -2.88. The minimum Gasteiger partial charge on any atom is -0.437 e. The number of hydrogen-bond donors (Lipinski definition) is 0. The first-order valence-corrected chi connectivity index (χ1v) is 9.96. The third kappa shape index (κ3) is 4.64. The number of rotatable bonds is 4. The maximum atomic E-state index is 13.5. The Morgan fingerprint density at radius 1 is 1.00 bits per heavy atom. The summed E-state index contributed by atoms with van der Waals surface area (Å²) in [5, 5.41) is -0.496. The van der Waals surface area contributed by atoms with Crippen molar-refractivity contribution in [1.29, 1.82) is 0 Å². The van der Waals surface area contributed by atoms with Crippen molar-refractivity contribution in [3.05, 3.63) is 57.3 Å². The quantitative estimate of drug-likeness (QED) is 0.498. The van der Waals surface area contributed by atoms with Gasteiger partial charge in [0.05, 0.1) is 36.2 Å². The van der Waals surface area contributed by atoms with Gasteiger partial charge >= 0.3 is 18.5 Å². The summed E-state index contributed by atoms with van der Waals surface area (Å²) >= 11 is 5.77. The van der Waals surface area contributed by atoms with E-state index in [9.17, 15) is 22.8 Å².